The summed E-state index contributed by atoms with van der Waals surface area (Å²) in [6.45, 7) is 2.40. The van der Waals surface area contributed by atoms with Crippen LogP contribution in [0.25, 0.3) is 0 Å². The van der Waals surface area contributed by atoms with E-state index >= 15 is 0 Å². The second-order valence-corrected chi connectivity index (χ2v) is 6.16. The highest BCUT2D eigenvalue weighted by molar-refractivity contribution is 5.82. The van der Waals surface area contributed by atoms with Crippen molar-refractivity contribution in [3.63, 3.8) is 0 Å². The highest BCUT2D eigenvalue weighted by atomic mass is 15.2. The first-order chi connectivity index (χ1) is 7.83. The van der Waals surface area contributed by atoms with E-state index in [-0.39, 0.29) is 0 Å². The van der Waals surface area contributed by atoms with Gasteiger partial charge in [-0.15, -0.1) is 0 Å². The smallest absolute Gasteiger partial charge is 0.0989 e. The molecule has 3 aliphatic carbocycles. The molecule has 0 unspecified atom stereocenters. The van der Waals surface area contributed by atoms with E-state index in [4.69, 9.17) is 5.41 Å². The van der Waals surface area contributed by atoms with Crippen LogP contribution in [0.15, 0.2) is 0 Å². The van der Waals surface area contributed by atoms with Crippen molar-refractivity contribution in [3.05, 3.63) is 0 Å². The summed E-state index contributed by atoms with van der Waals surface area (Å²) >= 11 is 0. The molecular formula is C14H24N2. The van der Waals surface area contributed by atoms with Gasteiger partial charge in [-0.3, -0.25) is 5.41 Å². The van der Waals surface area contributed by atoms with Crippen molar-refractivity contribution in [2.24, 2.45) is 17.8 Å². The van der Waals surface area contributed by atoms with Gasteiger partial charge in [0.15, 0.2) is 0 Å². The Hall–Kier alpha value is -0.530. The molecule has 0 spiro atoms. The zero-order valence-electron chi connectivity index (χ0n) is 10.3. The van der Waals surface area contributed by atoms with Crippen molar-refractivity contribution >= 4 is 5.84 Å². The highest BCUT2D eigenvalue weighted by Gasteiger charge is 2.32. The summed E-state index contributed by atoms with van der Waals surface area (Å²) in [6.07, 6.45) is 10.9. The molecule has 0 heterocycles. The monoisotopic (exact) mass is 220 g/mol. The van der Waals surface area contributed by atoms with Gasteiger partial charge < -0.3 is 4.90 Å². The number of rotatable bonds is 5. The fraction of sp³-hybridized carbons (Fsp3) is 0.929. The van der Waals surface area contributed by atoms with Crippen LogP contribution in [0.4, 0.5) is 0 Å². The minimum atomic E-state index is 0.609. The molecule has 16 heavy (non-hydrogen) atoms. The first-order valence-corrected chi connectivity index (χ1v) is 7.16. The Morgan fingerprint density at radius 3 is 1.81 bits per heavy atom. The normalized spacial score (nSPS) is 26.0. The molecule has 0 saturated heterocycles. The van der Waals surface area contributed by atoms with Crippen LogP contribution in [0.3, 0.4) is 0 Å². The van der Waals surface area contributed by atoms with Crippen LogP contribution < -0.4 is 0 Å². The van der Waals surface area contributed by atoms with Gasteiger partial charge in [-0.2, -0.15) is 0 Å². The number of amidine groups is 1. The SMILES string of the molecule is N=C(C1CCCC1)N(CC1CC1)CC1CC1. The average Bonchev–Trinajstić information content (AvgIpc) is 3.20. The molecule has 0 aliphatic heterocycles. The zero-order valence-corrected chi connectivity index (χ0v) is 10.3. The molecule has 1 N–H and O–H groups in total. The van der Waals surface area contributed by atoms with E-state index in [0.29, 0.717) is 5.92 Å². The van der Waals surface area contributed by atoms with Crippen LogP contribution in [0.5, 0.6) is 0 Å². The Morgan fingerprint density at radius 1 is 0.875 bits per heavy atom. The summed E-state index contributed by atoms with van der Waals surface area (Å²) in [4.78, 5) is 2.45. The number of hydrogen-bond acceptors (Lipinski definition) is 1. The van der Waals surface area contributed by atoms with Gasteiger partial charge in [0.25, 0.3) is 0 Å². The Kier molecular flexibility index (Phi) is 2.91. The summed E-state index contributed by atoms with van der Waals surface area (Å²) in [5.41, 5.74) is 0. The topological polar surface area (TPSA) is 27.1 Å². The predicted molar refractivity (Wildman–Crippen MR) is 66.7 cm³/mol. The van der Waals surface area contributed by atoms with Crippen LogP contribution in [0.1, 0.15) is 51.4 Å². The molecule has 2 heteroatoms. The zero-order chi connectivity index (χ0) is 11.0. The molecule has 3 aliphatic rings. The molecular weight excluding hydrogens is 196 g/mol. The van der Waals surface area contributed by atoms with E-state index in [9.17, 15) is 0 Å². The Bertz CT molecular complexity index is 246. The molecule has 3 saturated carbocycles. The van der Waals surface area contributed by atoms with Crippen LogP contribution in [-0.2, 0) is 0 Å². The van der Waals surface area contributed by atoms with Gasteiger partial charge in [-0.05, 0) is 50.4 Å². The third kappa shape index (κ3) is 2.58. The lowest BCUT2D eigenvalue weighted by atomic mass is 10.1. The molecule has 3 fully saturated rings. The molecule has 0 bridgehead atoms. The van der Waals surface area contributed by atoms with E-state index in [2.05, 4.69) is 4.90 Å². The maximum Gasteiger partial charge on any atom is 0.0989 e. The molecule has 2 nitrogen and oxygen atoms in total. The minimum Gasteiger partial charge on any atom is -0.360 e. The van der Waals surface area contributed by atoms with Crippen LogP contribution in [-0.4, -0.2) is 23.8 Å². The number of nitrogens with zero attached hydrogens (tertiary/aromatic N) is 1. The maximum atomic E-state index is 8.41. The van der Waals surface area contributed by atoms with Gasteiger partial charge in [0.2, 0.25) is 0 Å². The van der Waals surface area contributed by atoms with Crippen molar-refractivity contribution in [3.8, 4) is 0 Å². The molecule has 0 aromatic rings. The van der Waals surface area contributed by atoms with Crippen molar-refractivity contribution in [1.29, 1.82) is 5.41 Å². The largest absolute Gasteiger partial charge is 0.360 e. The van der Waals surface area contributed by atoms with Crippen molar-refractivity contribution in [2.75, 3.05) is 13.1 Å². The lowest BCUT2D eigenvalue weighted by molar-refractivity contribution is 0.359. The van der Waals surface area contributed by atoms with Crippen molar-refractivity contribution in [2.45, 2.75) is 51.4 Å². The third-order valence-corrected chi connectivity index (χ3v) is 4.43. The Balaban J connectivity index is 1.57. The standard InChI is InChI=1S/C14H24N2/c15-14(13-3-1-2-4-13)16(9-11-5-6-11)10-12-7-8-12/h11-13,15H,1-10H2. The summed E-state index contributed by atoms with van der Waals surface area (Å²) in [5.74, 6) is 3.47. The summed E-state index contributed by atoms with van der Waals surface area (Å²) in [6, 6.07) is 0. The van der Waals surface area contributed by atoms with E-state index in [0.717, 1.165) is 17.7 Å². The summed E-state index contributed by atoms with van der Waals surface area (Å²) < 4.78 is 0. The second kappa shape index (κ2) is 4.38. The quantitative estimate of drug-likeness (QED) is 0.558. The highest BCUT2D eigenvalue weighted by Crippen LogP contribution is 2.35. The first-order valence-electron chi connectivity index (χ1n) is 7.16. The Labute approximate surface area is 98.9 Å². The fourth-order valence-corrected chi connectivity index (χ4v) is 2.95. The van der Waals surface area contributed by atoms with E-state index in [1.807, 2.05) is 0 Å². The lowest BCUT2D eigenvalue weighted by Crippen LogP contribution is -2.37. The van der Waals surface area contributed by atoms with Gasteiger partial charge in [0.1, 0.15) is 0 Å². The van der Waals surface area contributed by atoms with Crippen LogP contribution in [0.2, 0.25) is 0 Å². The van der Waals surface area contributed by atoms with E-state index in [1.165, 1.54) is 64.5 Å². The number of hydrogen-bond donors (Lipinski definition) is 1. The van der Waals surface area contributed by atoms with Gasteiger partial charge in [0, 0.05) is 19.0 Å². The van der Waals surface area contributed by atoms with Gasteiger partial charge in [-0.25, -0.2) is 0 Å². The molecule has 3 rings (SSSR count). The lowest BCUT2D eigenvalue weighted by Gasteiger charge is -2.28. The van der Waals surface area contributed by atoms with Crippen molar-refractivity contribution in [1.82, 2.24) is 4.90 Å². The molecule has 0 aromatic carbocycles. The third-order valence-electron chi connectivity index (χ3n) is 4.43. The molecule has 0 amide bonds. The van der Waals surface area contributed by atoms with Crippen LogP contribution in [0, 0.1) is 23.2 Å². The van der Waals surface area contributed by atoms with Crippen molar-refractivity contribution < 1.29 is 0 Å². The van der Waals surface area contributed by atoms with Gasteiger partial charge in [-0.1, -0.05) is 12.8 Å². The van der Waals surface area contributed by atoms with Gasteiger partial charge in [0.05, 0.1) is 5.84 Å². The molecule has 0 atom stereocenters. The predicted octanol–water partition coefficient (Wildman–Crippen LogP) is 3.28. The molecule has 90 valence electrons. The second-order valence-electron chi connectivity index (χ2n) is 6.16. The first kappa shape index (κ1) is 10.6. The molecule has 0 radical (unpaired) electrons. The average molecular weight is 220 g/mol. The molecule has 0 aromatic heterocycles. The summed E-state index contributed by atoms with van der Waals surface area (Å²) in [5, 5.41) is 8.41. The number of nitrogens with one attached hydrogen (secondary N) is 1. The van der Waals surface area contributed by atoms with Crippen LogP contribution >= 0.6 is 0 Å². The maximum absolute atomic E-state index is 8.41. The fourth-order valence-electron chi connectivity index (χ4n) is 2.95. The Morgan fingerprint density at radius 2 is 1.38 bits per heavy atom. The minimum absolute atomic E-state index is 0.609. The van der Waals surface area contributed by atoms with Gasteiger partial charge >= 0.3 is 0 Å². The van der Waals surface area contributed by atoms with E-state index in [1.54, 1.807) is 0 Å². The van der Waals surface area contributed by atoms with E-state index < -0.39 is 0 Å². The summed E-state index contributed by atoms with van der Waals surface area (Å²) in [7, 11) is 0.